The molecule has 2 rings (SSSR count). The lowest BCUT2D eigenvalue weighted by Gasteiger charge is -2.27. The van der Waals surface area contributed by atoms with Gasteiger partial charge in [0.1, 0.15) is 0 Å². The molecule has 0 bridgehead atoms. The van der Waals surface area contributed by atoms with Crippen molar-refractivity contribution in [3.8, 4) is 0 Å². The van der Waals surface area contributed by atoms with Crippen molar-refractivity contribution >= 4 is 21.6 Å². The molecule has 0 atom stereocenters. The molecule has 0 radical (unpaired) electrons. The van der Waals surface area contributed by atoms with Crippen LogP contribution in [0, 0.1) is 0 Å². The first kappa shape index (κ1) is 13.9. The molecule has 1 fully saturated rings. The third kappa shape index (κ3) is 3.27. The Balaban J connectivity index is 2.07. The Morgan fingerprint density at radius 2 is 2.06 bits per heavy atom. The summed E-state index contributed by atoms with van der Waals surface area (Å²) in [5, 5.41) is 3.37. The summed E-state index contributed by atoms with van der Waals surface area (Å²) in [5.74, 6) is 0. The maximum absolute atomic E-state index is 3.69. The van der Waals surface area contributed by atoms with E-state index in [0.29, 0.717) is 0 Å². The molecule has 1 N–H and O–H groups in total. The summed E-state index contributed by atoms with van der Waals surface area (Å²) in [5.41, 5.74) is 2.66. The minimum absolute atomic E-state index is 0.733. The number of halogens is 1. The van der Waals surface area contributed by atoms with E-state index in [-0.39, 0.29) is 0 Å². The Labute approximate surface area is 119 Å². The van der Waals surface area contributed by atoms with Crippen LogP contribution in [0.1, 0.15) is 38.2 Å². The fourth-order valence-corrected chi connectivity index (χ4v) is 3.17. The molecule has 1 aromatic carbocycles. The van der Waals surface area contributed by atoms with Crippen LogP contribution in [0.4, 0.5) is 5.69 Å². The van der Waals surface area contributed by atoms with Gasteiger partial charge < -0.3 is 10.2 Å². The van der Waals surface area contributed by atoms with Gasteiger partial charge in [-0.15, -0.1) is 0 Å². The van der Waals surface area contributed by atoms with Gasteiger partial charge in [-0.3, -0.25) is 0 Å². The van der Waals surface area contributed by atoms with Gasteiger partial charge in [-0.05, 0) is 37.1 Å². The predicted molar refractivity (Wildman–Crippen MR) is 82.2 cm³/mol. The van der Waals surface area contributed by atoms with Crippen LogP contribution in [-0.4, -0.2) is 19.6 Å². The summed E-state index contributed by atoms with van der Waals surface area (Å²) in [7, 11) is 2.22. The van der Waals surface area contributed by atoms with Gasteiger partial charge in [-0.2, -0.15) is 0 Å². The summed E-state index contributed by atoms with van der Waals surface area (Å²) < 4.78 is 1.21. The van der Waals surface area contributed by atoms with E-state index in [0.717, 1.165) is 19.1 Å². The molecule has 0 aromatic heterocycles. The predicted octanol–water partition coefficient (Wildman–Crippen LogP) is 3.94. The molecule has 100 valence electrons. The van der Waals surface area contributed by atoms with Crippen molar-refractivity contribution in [2.75, 3.05) is 18.5 Å². The second kappa shape index (κ2) is 6.58. The number of nitrogens with one attached hydrogen (secondary N) is 1. The molecule has 1 aromatic rings. The van der Waals surface area contributed by atoms with E-state index in [1.807, 2.05) is 0 Å². The smallest absolute Gasteiger partial charge is 0.0377 e. The average molecular weight is 311 g/mol. The third-order valence-corrected chi connectivity index (χ3v) is 4.62. The van der Waals surface area contributed by atoms with Gasteiger partial charge in [0, 0.05) is 29.8 Å². The largest absolute Gasteiger partial charge is 0.372 e. The highest BCUT2D eigenvalue weighted by Gasteiger charge is 2.20. The highest BCUT2D eigenvalue weighted by atomic mass is 79.9. The highest BCUT2D eigenvalue weighted by Crippen LogP contribution is 2.29. The van der Waals surface area contributed by atoms with Crippen molar-refractivity contribution in [3.63, 3.8) is 0 Å². The second-order valence-electron chi connectivity index (χ2n) is 5.11. The van der Waals surface area contributed by atoms with E-state index in [1.165, 1.54) is 41.4 Å². The van der Waals surface area contributed by atoms with Crippen LogP contribution >= 0.6 is 15.9 Å². The Morgan fingerprint density at radius 1 is 1.33 bits per heavy atom. The standard InChI is InChI=1S/C15H23BrN2/c1-3-17-11-12-8-9-14(10-15(12)16)18(2)13-6-4-5-7-13/h8-10,13,17H,3-7,11H2,1-2H3. The minimum Gasteiger partial charge on any atom is -0.372 e. The number of anilines is 1. The third-order valence-electron chi connectivity index (χ3n) is 3.88. The molecule has 1 saturated carbocycles. The average Bonchev–Trinajstić information content (AvgIpc) is 2.90. The van der Waals surface area contributed by atoms with Crippen molar-refractivity contribution in [1.29, 1.82) is 0 Å². The molecular formula is C15H23BrN2. The van der Waals surface area contributed by atoms with Crippen molar-refractivity contribution in [2.24, 2.45) is 0 Å². The first-order chi connectivity index (χ1) is 8.72. The Hall–Kier alpha value is -0.540. The molecule has 0 heterocycles. The van der Waals surface area contributed by atoms with E-state index in [4.69, 9.17) is 0 Å². The molecule has 18 heavy (non-hydrogen) atoms. The van der Waals surface area contributed by atoms with Crippen molar-refractivity contribution < 1.29 is 0 Å². The second-order valence-corrected chi connectivity index (χ2v) is 5.96. The number of hydrogen-bond donors (Lipinski definition) is 1. The lowest BCUT2D eigenvalue weighted by molar-refractivity contribution is 0.652. The number of nitrogens with zero attached hydrogens (tertiary/aromatic N) is 1. The number of hydrogen-bond acceptors (Lipinski definition) is 2. The maximum atomic E-state index is 3.69. The molecule has 1 aliphatic carbocycles. The van der Waals surface area contributed by atoms with E-state index in [9.17, 15) is 0 Å². The first-order valence-corrected chi connectivity index (χ1v) is 7.73. The van der Waals surface area contributed by atoms with Crippen LogP contribution in [0.2, 0.25) is 0 Å². The van der Waals surface area contributed by atoms with Gasteiger partial charge in [-0.25, -0.2) is 0 Å². The molecule has 3 heteroatoms. The summed E-state index contributed by atoms with van der Waals surface area (Å²) in [4.78, 5) is 2.44. The molecular weight excluding hydrogens is 288 g/mol. The van der Waals surface area contributed by atoms with Gasteiger partial charge in [0.05, 0.1) is 0 Å². The van der Waals surface area contributed by atoms with Crippen LogP contribution < -0.4 is 10.2 Å². The topological polar surface area (TPSA) is 15.3 Å². The normalized spacial score (nSPS) is 16.2. The summed E-state index contributed by atoms with van der Waals surface area (Å²) in [6, 6.07) is 7.46. The van der Waals surface area contributed by atoms with Gasteiger partial charge >= 0.3 is 0 Å². The summed E-state index contributed by atoms with van der Waals surface area (Å²) >= 11 is 3.69. The van der Waals surface area contributed by atoms with Gasteiger partial charge in [0.2, 0.25) is 0 Å². The monoisotopic (exact) mass is 310 g/mol. The van der Waals surface area contributed by atoms with Crippen molar-refractivity contribution in [1.82, 2.24) is 5.32 Å². The Bertz CT molecular complexity index is 386. The van der Waals surface area contributed by atoms with Crippen molar-refractivity contribution in [2.45, 2.75) is 45.2 Å². The van der Waals surface area contributed by atoms with Crippen LogP contribution in [0.5, 0.6) is 0 Å². The minimum atomic E-state index is 0.733. The van der Waals surface area contributed by atoms with Crippen LogP contribution in [0.15, 0.2) is 22.7 Å². The zero-order valence-corrected chi connectivity index (χ0v) is 13.0. The molecule has 0 spiro atoms. The maximum Gasteiger partial charge on any atom is 0.0377 e. The van der Waals surface area contributed by atoms with Gasteiger partial charge in [-0.1, -0.05) is 41.8 Å². The lowest BCUT2D eigenvalue weighted by Crippen LogP contribution is -2.28. The highest BCUT2D eigenvalue weighted by molar-refractivity contribution is 9.10. The van der Waals surface area contributed by atoms with E-state index in [1.54, 1.807) is 0 Å². The fraction of sp³-hybridized carbons (Fsp3) is 0.600. The van der Waals surface area contributed by atoms with Crippen LogP contribution in [-0.2, 0) is 6.54 Å². The molecule has 1 aliphatic rings. The van der Waals surface area contributed by atoms with Gasteiger partial charge in [0.25, 0.3) is 0 Å². The SMILES string of the molecule is CCNCc1ccc(N(C)C2CCCC2)cc1Br. The van der Waals surface area contributed by atoms with Crippen molar-refractivity contribution in [3.05, 3.63) is 28.2 Å². The fourth-order valence-electron chi connectivity index (χ4n) is 2.66. The molecule has 2 nitrogen and oxygen atoms in total. The number of rotatable bonds is 5. The molecule has 0 amide bonds. The Kier molecular flexibility index (Phi) is 5.07. The van der Waals surface area contributed by atoms with E-state index >= 15 is 0 Å². The first-order valence-electron chi connectivity index (χ1n) is 6.94. The zero-order valence-electron chi connectivity index (χ0n) is 11.4. The lowest BCUT2D eigenvalue weighted by atomic mass is 10.1. The number of benzene rings is 1. The summed E-state index contributed by atoms with van der Waals surface area (Å²) in [6.45, 7) is 4.08. The van der Waals surface area contributed by atoms with Crippen LogP contribution in [0.25, 0.3) is 0 Å². The zero-order chi connectivity index (χ0) is 13.0. The van der Waals surface area contributed by atoms with Crippen LogP contribution in [0.3, 0.4) is 0 Å². The molecule has 0 aliphatic heterocycles. The molecule has 0 unspecified atom stereocenters. The van der Waals surface area contributed by atoms with E-state index in [2.05, 4.69) is 58.3 Å². The summed E-state index contributed by atoms with van der Waals surface area (Å²) in [6.07, 6.45) is 5.45. The van der Waals surface area contributed by atoms with Gasteiger partial charge in [0.15, 0.2) is 0 Å². The Morgan fingerprint density at radius 3 is 2.67 bits per heavy atom. The molecule has 0 saturated heterocycles. The van der Waals surface area contributed by atoms with E-state index < -0.39 is 0 Å². The quantitative estimate of drug-likeness (QED) is 0.886.